The number of benzene rings is 1. The summed E-state index contributed by atoms with van der Waals surface area (Å²) >= 11 is 0. The molecule has 132 valence electrons. The summed E-state index contributed by atoms with van der Waals surface area (Å²) in [7, 11) is -2.97. The second-order valence-corrected chi connectivity index (χ2v) is 9.00. The van der Waals surface area contributed by atoms with Crippen molar-refractivity contribution in [2.75, 3.05) is 36.0 Å². The van der Waals surface area contributed by atoms with E-state index in [4.69, 9.17) is 0 Å². The molecule has 0 bridgehead atoms. The van der Waals surface area contributed by atoms with Crippen LogP contribution in [0.2, 0.25) is 0 Å². The molecule has 0 radical (unpaired) electrons. The minimum absolute atomic E-state index is 0.0218. The monoisotopic (exact) mass is 350 g/mol. The van der Waals surface area contributed by atoms with Gasteiger partial charge in [0.15, 0.2) is 9.84 Å². The second kappa shape index (κ2) is 7.13. The minimum Gasteiger partial charge on any atom is -0.372 e. The van der Waals surface area contributed by atoms with Gasteiger partial charge in [-0.15, -0.1) is 0 Å². The zero-order valence-corrected chi connectivity index (χ0v) is 15.1. The zero-order chi connectivity index (χ0) is 17.2. The highest BCUT2D eigenvalue weighted by molar-refractivity contribution is 7.91. The van der Waals surface area contributed by atoms with Crippen LogP contribution in [0.25, 0.3) is 0 Å². The molecule has 1 amide bonds. The SMILES string of the molecule is CCN(C(=O)Cc1ccc(N2CCCC2)cc1)C1CCS(=O)(=O)C1. The zero-order valence-electron chi connectivity index (χ0n) is 14.3. The number of hydrogen-bond acceptors (Lipinski definition) is 4. The van der Waals surface area contributed by atoms with Crippen LogP contribution in [0.3, 0.4) is 0 Å². The summed E-state index contributed by atoms with van der Waals surface area (Å²) < 4.78 is 23.3. The van der Waals surface area contributed by atoms with E-state index >= 15 is 0 Å². The van der Waals surface area contributed by atoms with E-state index in [2.05, 4.69) is 17.0 Å². The molecule has 2 aliphatic rings. The van der Waals surface area contributed by atoms with Gasteiger partial charge in [-0.25, -0.2) is 8.42 Å². The molecule has 1 unspecified atom stereocenters. The normalized spacial score (nSPS) is 22.7. The van der Waals surface area contributed by atoms with Gasteiger partial charge in [-0.1, -0.05) is 12.1 Å². The Labute approximate surface area is 144 Å². The van der Waals surface area contributed by atoms with Crippen molar-refractivity contribution in [3.63, 3.8) is 0 Å². The van der Waals surface area contributed by atoms with Crippen molar-refractivity contribution in [1.29, 1.82) is 0 Å². The summed E-state index contributed by atoms with van der Waals surface area (Å²) in [6, 6.07) is 8.06. The average molecular weight is 350 g/mol. The highest BCUT2D eigenvalue weighted by Crippen LogP contribution is 2.22. The topological polar surface area (TPSA) is 57.7 Å². The Hall–Kier alpha value is -1.56. The number of hydrogen-bond donors (Lipinski definition) is 0. The average Bonchev–Trinajstić information content (AvgIpc) is 3.19. The summed E-state index contributed by atoms with van der Waals surface area (Å²) in [6.07, 6.45) is 3.40. The summed E-state index contributed by atoms with van der Waals surface area (Å²) in [6.45, 7) is 4.69. The third-order valence-corrected chi connectivity index (χ3v) is 6.82. The first-order valence-electron chi connectivity index (χ1n) is 8.82. The molecule has 1 aromatic rings. The van der Waals surface area contributed by atoms with Gasteiger partial charge in [0, 0.05) is 31.4 Å². The number of nitrogens with zero attached hydrogens (tertiary/aromatic N) is 2. The van der Waals surface area contributed by atoms with Gasteiger partial charge in [0.25, 0.3) is 0 Å². The van der Waals surface area contributed by atoms with E-state index in [1.807, 2.05) is 19.1 Å². The number of carbonyl (C=O) groups is 1. The molecule has 2 saturated heterocycles. The fourth-order valence-corrected chi connectivity index (χ4v) is 5.47. The molecule has 5 nitrogen and oxygen atoms in total. The predicted molar refractivity (Wildman–Crippen MR) is 96.0 cm³/mol. The van der Waals surface area contributed by atoms with Crippen molar-refractivity contribution in [3.05, 3.63) is 29.8 Å². The molecule has 24 heavy (non-hydrogen) atoms. The molecular weight excluding hydrogens is 324 g/mol. The first kappa shape index (κ1) is 17.3. The highest BCUT2D eigenvalue weighted by Gasteiger charge is 2.33. The van der Waals surface area contributed by atoms with Crippen LogP contribution in [0.15, 0.2) is 24.3 Å². The number of carbonyl (C=O) groups excluding carboxylic acids is 1. The lowest BCUT2D eigenvalue weighted by molar-refractivity contribution is -0.132. The van der Waals surface area contributed by atoms with E-state index in [0.717, 1.165) is 18.7 Å². The van der Waals surface area contributed by atoms with E-state index in [-0.39, 0.29) is 23.5 Å². The molecule has 0 saturated carbocycles. The van der Waals surface area contributed by atoms with Crippen LogP contribution in [0, 0.1) is 0 Å². The number of anilines is 1. The van der Waals surface area contributed by atoms with Gasteiger partial charge >= 0.3 is 0 Å². The molecule has 3 rings (SSSR count). The summed E-state index contributed by atoms with van der Waals surface area (Å²) in [5, 5.41) is 0. The van der Waals surface area contributed by atoms with E-state index < -0.39 is 9.84 Å². The first-order chi connectivity index (χ1) is 11.5. The lowest BCUT2D eigenvalue weighted by Crippen LogP contribution is -2.41. The number of likely N-dealkylation sites (N-methyl/N-ethyl adjacent to an activating group) is 1. The van der Waals surface area contributed by atoms with E-state index in [9.17, 15) is 13.2 Å². The molecule has 2 aliphatic heterocycles. The maximum atomic E-state index is 12.6. The maximum Gasteiger partial charge on any atom is 0.227 e. The van der Waals surface area contributed by atoms with E-state index in [0.29, 0.717) is 19.4 Å². The molecular formula is C18H26N2O3S. The van der Waals surface area contributed by atoms with Gasteiger partial charge in [-0.2, -0.15) is 0 Å². The Morgan fingerprint density at radius 1 is 1.21 bits per heavy atom. The molecule has 0 spiro atoms. The lowest BCUT2D eigenvalue weighted by Gasteiger charge is -2.27. The van der Waals surface area contributed by atoms with Crippen LogP contribution >= 0.6 is 0 Å². The number of rotatable bonds is 5. The number of amides is 1. The first-order valence-corrected chi connectivity index (χ1v) is 10.6. The standard InChI is InChI=1S/C18H26N2O3S/c1-2-20(17-9-12-24(22,23)14-17)18(21)13-15-5-7-16(8-6-15)19-10-3-4-11-19/h5-8,17H,2-4,9-14H2,1H3. The Morgan fingerprint density at radius 2 is 1.88 bits per heavy atom. The van der Waals surface area contributed by atoms with Gasteiger partial charge < -0.3 is 9.80 Å². The van der Waals surface area contributed by atoms with E-state index in [1.165, 1.54) is 18.5 Å². The van der Waals surface area contributed by atoms with Crippen LogP contribution in [-0.4, -0.2) is 56.4 Å². The van der Waals surface area contributed by atoms with E-state index in [1.54, 1.807) is 4.90 Å². The van der Waals surface area contributed by atoms with Crippen molar-refractivity contribution < 1.29 is 13.2 Å². The largest absolute Gasteiger partial charge is 0.372 e. The molecule has 1 aromatic carbocycles. The van der Waals surface area contributed by atoms with Gasteiger partial charge in [-0.3, -0.25) is 4.79 Å². The smallest absolute Gasteiger partial charge is 0.227 e. The van der Waals surface area contributed by atoms with Crippen LogP contribution in [-0.2, 0) is 21.1 Å². The Bertz CT molecular complexity index is 679. The molecule has 2 fully saturated rings. The Morgan fingerprint density at radius 3 is 2.42 bits per heavy atom. The van der Waals surface area contributed by atoms with Gasteiger partial charge in [0.2, 0.25) is 5.91 Å². The molecule has 0 N–H and O–H groups in total. The Kier molecular flexibility index (Phi) is 5.13. The number of sulfone groups is 1. The van der Waals surface area contributed by atoms with Gasteiger partial charge in [0.05, 0.1) is 17.9 Å². The summed E-state index contributed by atoms with van der Waals surface area (Å²) in [5.41, 5.74) is 2.21. The van der Waals surface area contributed by atoms with Crippen LogP contribution in [0.1, 0.15) is 31.7 Å². The van der Waals surface area contributed by atoms with Crippen LogP contribution < -0.4 is 4.90 Å². The van der Waals surface area contributed by atoms with Crippen molar-refractivity contribution >= 4 is 21.4 Å². The van der Waals surface area contributed by atoms with Crippen LogP contribution in [0.5, 0.6) is 0 Å². The van der Waals surface area contributed by atoms with Gasteiger partial charge in [-0.05, 0) is 43.9 Å². The summed E-state index contributed by atoms with van der Waals surface area (Å²) in [5.74, 6) is 0.334. The third kappa shape index (κ3) is 3.91. The summed E-state index contributed by atoms with van der Waals surface area (Å²) in [4.78, 5) is 16.7. The Balaban J connectivity index is 1.62. The predicted octanol–water partition coefficient (Wildman–Crippen LogP) is 1.86. The third-order valence-electron chi connectivity index (χ3n) is 5.07. The quantitative estimate of drug-likeness (QED) is 0.813. The van der Waals surface area contributed by atoms with Crippen molar-refractivity contribution in [3.8, 4) is 0 Å². The molecule has 0 aliphatic carbocycles. The maximum absolute atomic E-state index is 12.6. The minimum atomic E-state index is -2.97. The van der Waals surface area contributed by atoms with Crippen LogP contribution in [0.4, 0.5) is 5.69 Å². The molecule has 0 aromatic heterocycles. The van der Waals surface area contributed by atoms with Crippen molar-refractivity contribution in [1.82, 2.24) is 4.90 Å². The van der Waals surface area contributed by atoms with Crippen molar-refractivity contribution in [2.45, 2.75) is 38.6 Å². The second-order valence-electron chi connectivity index (χ2n) is 6.77. The lowest BCUT2D eigenvalue weighted by atomic mass is 10.1. The fourth-order valence-electron chi connectivity index (χ4n) is 3.74. The molecule has 1 atom stereocenters. The highest BCUT2D eigenvalue weighted by atomic mass is 32.2. The van der Waals surface area contributed by atoms with Crippen molar-refractivity contribution in [2.24, 2.45) is 0 Å². The molecule has 6 heteroatoms. The van der Waals surface area contributed by atoms with Gasteiger partial charge in [0.1, 0.15) is 0 Å². The molecule has 2 heterocycles. The fraction of sp³-hybridized carbons (Fsp3) is 0.611.